The molecule has 270 valence electrons. The first-order chi connectivity index (χ1) is 24.2. The highest BCUT2D eigenvalue weighted by Crippen LogP contribution is 2.35. The minimum atomic E-state index is -0.607. The van der Waals surface area contributed by atoms with Crippen LogP contribution in [-0.4, -0.2) is 35.8 Å². The average molecular weight is 691 g/mol. The number of nitrogens with one attached hydrogen (secondary N) is 3. The van der Waals surface area contributed by atoms with Crippen LogP contribution in [0.4, 0.5) is 17.1 Å². The Balaban J connectivity index is 1.74. The lowest BCUT2D eigenvalue weighted by molar-refractivity contribution is -0.118. The van der Waals surface area contributed by atoms with Gasteiger partial charge in [-0.05, 0) is 125 Å². The van der Waals surface area contributed by atoms with Gasteiger partial charge < -0.3 is 33.2 Å². The van der Waals surface area contributed by atoms with Crippen LogP contribution >= 0.6 is 0 Å². The summed E-state index contributed by atoms with van der Waals surface area (Å²) in [6, 6.07) is 27.4. The zero-order valence-electron chi connectivity index (χ0n) is 30.7. The maximum Gasteiger partial charge on any atom is 0.241 e. The van der Waals surface area contributed by atoms with Gasteiger partial charge >= 0.3 is 0 Å². The van der Waals surface area contributed by atoms with Crippen molar-refractivity contribution >= 4 is 34.8 Å². The molecule has 0 radical (unpaired) electrons. The molecule has 0 saturated carbocycles. The number of amides is 3. The van der Waals surface area contributed by atoms with Gasteiger partial charge in [0.1, 0.15) is 0 Å². The minimum Gasteiger partial charge on any atom is -0.325 e. The first kappa shape index (κ1) is 39.0. The van der Waals surface area contributed by atoms with E-state index in [1.54, 1.807) is 0 Å². The Kier molecular flexibility index (Phi) is 13.7. The van der Waals surface area contributed by atoms with E-state index in [1.807, 2.05) is 114 Å². The minimum absolute atomic E-state index is 0.228. The van der Waals surface area contributed by atoms with Crippen molar-refractivity contribution in [2.24, 2.45) is 35.0 Å². The third kappa shape index (κ3) is 11.6. The Labute approximate surface area is 302 Å². The predicted octanol–water partition coefficient (Wildman–Crippen LogP) is 7.62. The summed E-state index contributed by atoms with van der Waals surface area (Å²) in [6.07, 6.45) is 1.76. The van der Waals surface area contributed by atoms with Crippen LogP contribution in [0.15, 0.2) is 91.0 Å². The number of rotatable bonds is 15. The fraction of sp³-hybridized carbons (Fsp3) is 0.357. The average Bonchev–Trinajstić information content (AvgIpc) is 3.07. The second-order valence-electron chi connectivity index (χ2n) is 14.7. The molecule has 0 heterocycles. The smallest absolute Gasteiger partial charge is 0.241 e. The highest BCUT2D eigenvalue weighted by Gasteiger charge is 2.18. The van der Waals surface area contributed by atoms with E-state index >= 15 is 0 Å². The van der Waals surface area contributed by atoms with Crippen molar-refractivity contribution < 1.29 is 14.4 Å². The number of hydrogen-bond acceptors (Lipinski definition) is 6. The zero-order valence-corrected chi connectivity index (χ0v) is 30.7. The lowest BCUT2D eigenvalue weighted by Crippen LogP contribution is -2.36. The molecule has 0 aliphatic carbocycles. The van der Waals surface area contributed by atoms with Gasteiger partial charge in [0, 0.05) is 17.1 Å². The molecule has 0 unspecified atom stereocenters. The van der Waals surface area contributed by atoms with Crippen molar-refractivity contribution in [1.82, 2.24) is 0 Å². The molecule has 4 aromatic rings. The van der Waals surface area contributed by atoms with Crippen LogP contribution in [0.25, 0.3) is 33.4 Å². The maximum absolute atomic E-state index is 12.9. The van der Waals surface area contributed by atoms with Crippen molar-refractivity contribution in [3.63, 3.8) is 0 Å². The van der Waals surface area contributed by atoms with E-state index in [0.29, 0.717) is 54.1 Å². The fourth-order valence-electron chi connectivity index (χ4n) is 6.01. The molecule has 0 aliphatic rings. The Bertz CT molecular complexity index is 1600. The number of carbonyl (C=O) groups is 3. The highest BCUT2D eigenvalue weighted by molar-refractivity contribution is 5.97. The van der Waals surface area contributed by atoms with Crippen molar-refractivity contribution in [2.75, 3.05) is 16.0 Å². The number of nitrogens with two attached hydrogens (primary N) is 3. The van der Waals surface area contributed by atoms with Gasteiger partial charge in [-0.2, -0.15) is 0 Å². The molecule has 0 aliphatic heterocycles. The Hall–Kier alpha value is -4.83. The van der Waals surface area contributed by atoms with Crippen LogP contribution < -0.4 is 33.2 Å². The molecular formula is C42H54N6O3. The lowest BCUT2D eigenvalue weighted by atomic mass is 9.92. The van der Waals surface area contributed by atoms with Crippen molar-refractivity contribution in [3.05, 3.63) is 91.0 Å². The Morgan fingerprint density at radius 3 is 0.922 bits per heavy atom. The summed E-state index contributed by atoms with van der Waals surface area (Å²) in [5.74, 6) is 0.207. The monoisotopic (exact) mass is 690 g/mol. The second kappa shape index (κ2) is 17.9. The third-order valence-corrected chi connectivity index (χ3v) is 8.51. The molecule has 0 spiro atoms. The van der Waals surface area contributed by atoms with Crippen molar-refractivity contribution in [1.29, 1.82) is 0 Å². The molecule has 9 nitrogen and oxygen atoms in total. The summed E-state index contributed by atoms with van der Waals surface area (Å²) in [7, 11) is 0. The molecular weight excluding hydrogens is 637 g/mol. The summed E-state index contributed by atoms with van der Waals surface area (Å²) in [5, 5.41) is 8.93. The molecule has 9 N–H and O–H groups in total. The van der Waals surface area contributed by atoms with E-state index in [0.717, 1.165) is 33.4 Å². The predicted molar refractivity (Wildman–Crippen MR) is 211 cm³/mol. The van der Waals surface area contributed by atoms with Gasteiger partial charge in [0.25, 0.3) is 0 Å². The Morgan fingerprint density at radius 2 is 0.686 bits per heavy atom. The van der Waals surface area contributed by atoms with Crippen LogP contribution in [0.5, 0.6) is 0 Å². The number of carbonyl (C=O) groups excluding carboxylic acids is 3. The van der Waals surface area contributed by atoms with E-state index in [2.05, 4.69) is 34.1 Å². The van der Waals surface area contributed by atoms with Gasteiger partial charge in [0.05, 0.1) is 18.1 Å². The molecule has 0 aromatic heterocycles. The fourth-order valence-corrected chi connectivity index (χ4v) is 6.01. The van der Waals surface area contributed by atoms with Crippen LogP contribution in [0.3, 0.4) is 0 Å². The summed E-state index contributed by atoms with van der Waals surface area (Å²) >= 11 is 0. The van der Waals surface area contributed by atoms with Crippen LogP contribution in [0.1, 0.15) is 60.8 Å². The number of hydrogen-bond donors (Lipinski definition) is 6. The summed E-state index contributed by atoms with van der Waals surface area (Å²) < 4.78 is 0. The van der Waals surface area contributed by atoms with Gasteiger partial charge in [-0.15, -0.1) is 0 Å². The van der Waals surface area contributed by atoms with Gasteiger partial charge in [-0.3, -0.25) is 14.4 Å². The van der Waals surface area contributed by atoms with Gasteiger partial charge in [-0.1, -0.05) is 77.9 Å². The van der Waals surface area contributed by atoms with Crippen LogP contribution in [0, 0.1) is 17.8 Å². The number of anilines is 3. The first-order valence-corrected chi connectivity index (χ1v) is 17.8. The van der Waals surface area contributed by atoms with Crippen molar-refractivity contribution in [3.8, 4) is 33.4 Å². The van der Waals surface area contributed by atoms with E-state index in [9.17, 15) is 14.4 Å². The van der Waals surface area contributed by atoms with Gasteiger partial charge in [0.2, 0.25) is 17.7 Å². The topological polar surface area (TPSA) is 165 Å². The van der Waals surface area contributed by atoms with Crippen LogP contribution in [-0.2, 0) is 14.4 Å². The Morgan fingerprint density at radius 1 is 0.431 bits per heavy atom. The standard InChI is InChI=1S/C42H54N6O3/c1-25(2)16-37(43)40(49)46-34-13-7-10-28(22-34)31-19-32(29-11-8-14-35(23-29)47-41(50)38(44)17-26(3)4)21-33(20-31)30-12-9-15-36(24-30)48-42(51)39(45)18-27(5)6/h7-15,19-27,37-39H,16-18,43-45H2,1-6H3,(H,46,49)(H,47,50)(H,48,51)/t37-,38-,39-/m0/s1. The highest BCUT2D eigenvalue weighted by atomic mass is 16.2. The molecule has 0 fully saturated rings. The third-order valence-electron chi connectivity index (χ3n) is 8.51. The van der Waals surface area contributed by atoms with Crippen LogP contribution in [0.2, 0.25) is 0 Å². The summed E-state index contributed by atoms with van der Waals surface area (Å²) in [5.41, 5.74) is 25.8. The van der Waals surface area contributed by atoms with E-state index in [1.165, 1.54) is 0 Å². The van der Waals surface area contributed by atoms with E-state index in [-0.39, 0.29) is 17.7 Å². The molecule has 0 bridgehead atoms. The summed E-state index contributed by atoms with van der Waals surface area (Å²) in [4.78, 5) is 38.6. The summed E-state index contributed by atoms with van der Waals surface area (Å²) in [6.45, 7) is 12.2. The number of benzene rings is 4. The normalized spacial score (nSPS) is 13.2. The first-order valence-electron chi connectivity index (χ1n) is 17.8. The SMILES string of the molecule is CC(C)C[C@H](N)C(=O)Nc1cccc(-c2cc(-c3cccc(NC(=O)[C@@H](N)CC(C)C)c3)cc(-c3cccc(NC(=O)[C@@H](N)CC(C)C)c3)c2)c1. The van der Waals surface area contributed by atoms with E-state index in [4.69, 9.17) is 17.2 Å². The van der Waals surface area contributed by atoms with Crippen molar-refractivity contribution in [2.45, 2.75) is 78.9 Å². The van der Waals surface area contributed by atoms with Gasteiger partial charge in [0.15, 0.2) is 0 Å². The molecule has 9 heteroatoms. The molecule has 3 amide bonds. The lowest BCUT2D eigenvalue weighted by Gasteiger charge is -2.17. The largest absolute Gasteiger partial charge is 0.325 e. The molecule has 4 rings (SSSR count). The second-order valence-corrected chi connectivity index (χ2v) is 14.7. The van der Waals surface area contributed by atoms with Gasteiger partial charge in [-0.25, -0.2) is 0 Å². The molecule has 0 saturated heterocycles. The quantitative estimate of drug-likeness (QED) is 0.0751. The molecule has 51 heavy (non-hydrogen) atoms. The molecule has 4 aromatic carbocycles. The van der Waals surface area contributed by atoms with E-state index < -0.39 is 18.1 Å². The zero-order chi connectivity index (χ0) is 37.2. The molecule has 3 atom stereocenters. The maximum atomic E-state index is 12.9.